The van der Waals surface area contributed by atoms with Crippen molar-refractivity contribution in [1.29, 1.82) is 0 Å². The minimum absolute atomic E-state index is 0.0303. The number of carboxylic acid groups (broad SMARTS) is 1. The zero-order valence-corrected chi connectivity index (χ0v) is 20.8. The zero-order valence-electron chi connectivity index (χ0n) is 19.3. The summed E-state index contributed by atoms with van der Waals surface area (Å²) >= 11 is 12.1. The summed E-state index contributed by atoms with van der Waals surface area (Å²) in [6, 6.07) is 3.77. The summed E-state index contributed by atoms with van der Waals surface area (Å²) in [5.74, 6) is -0.995. The second-order valence-corrected chi connectivity index (χ2v) is 9.46. The number of pyridine rings is 1. The summed E-state index contributed by atoms with van der Waals surface area (Å²) in [5, 5.41) is 9.48. The lowest BCUT2D eigenvalue weighted by Crippen LogP contribution is -2.58. The molecule has 2 aliphatic heterocycles. The van der Waals surface area contributed by atoms with Gasteiger partial charge in [0.1, 0.15) is 11.0 Å². The van der Waals surface area contributed by atoms with Crippen molar-refractivity contribution < 1.29 is 14.7 Å². The SMILES string of the molecule is CC[C@H]1CN(c2nc(N)c(C(=O)O)nc2Cl)CCN1C1CCN(C(=O)c2ccc(Cl)nc2N)CC1. The van der Waals surface area contributed by atoms with Crippen LogP contribution in [0.2, 0.25) is 10.3 Å². The molecular formula is C22H28Cl2N8O3. The van der Waals surface area contributed by atoms with Crippen molar-refractivity contribution in [3.8, 4) is 0 Å². The Bertz CT molecular complexity index is 1130. The largest absolute Gasteiger partial charge is 0.476 e. The molecule has 0 bridgehead atoms. The van der Waals surface area contributed by atoms with E-state index in [2.05, 4.69) is 26.8 Å². The lowest BCUT2D eigenvalue weighted by molar-refractivity contribution is 0.0491. The number of halogens is 2. The second kappa shape index (κ2) is 10.4. The van der Waals surface area contributed by atoms with Crippen LogP contribution in [0.15, 0.2) is 12.1 Å². The molecule has 4 rings (SSSR count). The molecule has 2 fully saturated rings. The van der Waals surface area contributed by atoms with Gasteiger partial charge in [-0.2, -0.15) is 0 Å². The number of anilines is 3. The summed E-state index contributed by atoms with van der Waals surface area (Å²) in [4.78, 5) is 42.7. The summed E-state index contributed by atoms with van der Waals surface area (Å²) in [6.07, 6.45) is 2.62. The number of carbonyl (C=O) groups excluding carboxylic acids is 1. The number of nitrogens with two attached hydrogens (primary N) is 2. The molecule has 0 unspecified atom stereocenters. The van der Waals surface area contributed by atoms with Crippen molar-refractivity contribution in [2.45, 2.75) is 38.3 Å². The fourth-order valence-corrected chi connectivity index (χ4v) is 5.29. The maximum atomic E-state index is 12.9. The number of rotatable bonds is 5. The molecule has 0 spiro atoms. The monoisotopic (exact) mass is 522 g/mol. The molecule has 35 heavy (non-hydrogen) atoms. The van der Waals surface area contributed by atoms with Crippen LogP contribution in [-0.4, -0.2) is 86.5 Å². The number of aromatic nitrogens is 3. The number of hydrogen-bond acceptors (Lipinski definition) is 9. The maximum Gasteiger partial charge on any atom is 0.358 e. The highest BCUT2D eigenvalue weighted by molar-refractivity contribution is 6.32. The first kappa shape index (κ1) is 25.2. The average molecular weight is 523 g/mol. The van der Waals surface area contributed by atoms with Gasteiger partial charge in [-0.25, -0.2) is 19.7 Å². The Labute approximate surface area is 213 Å². The molecule has 0 radical (unpaired) electrons. The molecule has 0 aliphatic carbocycles. The molecule has 0 saturated carbocycles. The molecule has 13 heteroatoms. The van der Waals surface area contributed by atoms with Crippen LogP contribution in [-0.2, 0) is 0 Å². The Hall–Kier alpha value is -2.89. The number of amides is 1. The van der Waals surface area contributed by atoms with E-state index in [4.69, 9.17) is 34.7 Å². The number of carbonyl (C=O) groups is 2. The minimum atomic E-state index is -1.26. The Balaban J connectivity index is 1.40. The summed E-state index contributed by atoms with van der Waals surface area (Å²) in [7, 11) is 0. The fraction of sp³-hybridized carbons (Fsp3) is 0.500. The summed E-state index contributed by atoms with van der Waals surface area (Å²) < 4.78 is 0. The minimum Gasteiger partial charge on any atom is -0.476 e. The highest BCUT2D eigenvalue weighted by atomic mass is 35.5. The predicted molar refractivity (Wildman–Crippen MR) is 134 cm³/mol. The van der Waals surface area contributed by atoms with Gasteiger partial charge in [-0.3, -0.25) is 9.69 Å². The number of likely N-dealkylation sites (tertiary alicyclic amines) is 1. The number of carboxylic acids is 1. The number of piperidine rings is 1. The van der Waals surface area contributed by atoms with E-state index in [9.17, 15) is 14.7 Å². The Morgan fingerprint density at radius 2 is 1.77 bits per heavy atom. The zero-order chi connectivity index (χ0) is 25.3. The van der Waals surface area contributed by atoms with E-state index in [1.165, 1.54) is 0 Å². The van der Waals surface area contributed by atoms with E-state index in [1.54, 1.807) is 12.1 Å². The standard InChI is InChI=1S/C22H28Cl2N8O3/c1-2-12-11-31(20-17(24)28-16(22(34)35)19(26)29-20)9-10-32(12)13-5-7-30(8-6-13)21(33)14-3-4-15(23)27-18(14)25/h3-4,12-13H,2,5-11H2,1H3,(H2,25,27)(H2,26,29)(H,34,35)/t12-/m0/s1. The third kappa shape index (κ3) is 5.21. The number of aromatic carboxylic acids is 1. The molecule has 0 aromatic carbocycles. The lowest BCUT2D eigenvalue weighted by atomic mass is 9.97. The summed E-state index contributed by atoms with van der Waals surface area (Å²) in [6.45, 7) is 5.50. The first-order valence-corrected chi connectivity index (χ1v) is 12.2. The van der Waals surface area contributed by atoms with Crippen LogP contribution in [0, 0.1) is 0 Å². The fourth-order valence-electron chi connectivity index (χ4n) is 4.89. The van der Waals surface area contributed by atoms with E-state index in [0.717, 1.165) is 25.8 Å². The van der Waals surface area contributed by atoms with E-state index in [1.807, 2.05) is 9.80 Å². The van der Waals surface area contributed by atoms with E-state index < -0.39 is 5.97 Å². The number of piperazine rings is 1. The molecule has 2 saturated heterocycles. The number of nitrogens with zero attached hydrogens (tertiary/aromatic N) is 6. The Morgan fingerprint density at radius 3 is 2.40 bits per heavy atom. The molecular weight excluding hydrogens is 495 g/mol. The Kier molecular flexibility index (Phi) is 7.48. The maximum absolute atomic E-state index is 12.9. The topological polar surface area (TPSA) is 155 Å². The van der Waals surface area contributed by atoms with E-state index >= 15 is 0 Å². The molecule has 5 N–H and O–H groups in total. The van der Waals surface area contributed by atoms with Crippen LogP contribution in [0.25, 0.3) is 0 Å². The van der Waals surface area contributed by atoms with Crippen LogP contribution in [0.3, 0.4) is 0 Å². The van der Waals surface area contributed by atoms with Gasteiger partial charge in [-0.15, -0.1) is 0 Å². The van der Waals surface area contributed by atoms with Crippen molar-refractivity contribution >= 4 is 52.5 Å². The quantitative estimate of drug-likeness (QED) is 0.497. The van der Waals surface area contributed by atoms with Gasteiger partial charge in [-0.05, 0) is 31.4 Å². The van der Waals surface area contributed by atoms with Gasteiger partial charge >= 0.3 is 5.97 Å². The van der Waals surface area contributed by atoms with Crippen LogP contribution in [0.5, 0.6) is 0 Å². The van der Waals surface area contributed by atoms with Gasteiger partial charge in [0.25, 0.3) is 5.91 Å². The van der Waals surface area contributed by atoms with Crippen LogP contribution in [0.1, 0.15) is 47.0 Å². The Morgan fingerprint density at radius 1 is 1.06 bits per heavy atom. The predicted octanol–water partition coefficient (Wildman–Crippen LogP) is 2.25. The van der Waals surface area contributed by atoms with Gasteiger partial charge in [0.2, 0.25) is 0 Å². The molecule has 11 nitrogen and oxygen atoms in total. The van der Waals surface area contributed by atoms with Crippen molar-refractivity contribution in [1.82, 2.24) is 24.8 Å². The normalized spacial score (nSPS) is 19.7. The molecule has 188 valence electrons. The molecule has 1 amide bonds. The van der Waals surface area contributed by atoms with Crippen LogP contribution in [0.4, 0.5) is 17.5 Å². The smallest absolute Gasteiger partial charge is 0.358 e. The molecule has 4 heterocycles. The van der Waals surface area contributed by atoms with Crippen molar-refractivity contribution in [2.24, 2.45) is 0 Å². The highest BCUT2D eigenvalue weighted by Gasteiger charge is 2.35. The van der Waals surface area contributed by atoms with Crippen molar-refractivity contribution in [3.63, 3.8) is 0 Å². The third-order valence-electron chi connectivity index (χ3n) is 6.71. The van der Waals surface area contributed by atoms with Crippen molar-refractivity contribution in [2.75, 3.05) is 49.1 Å². The molecule has 2 aromatic rings. The highest BCUT2D eigenvalue weighted by Crippen LogP contribution is 2.30. The summed E-state index contributed by atoms with van der Waals surface area (Å²) in [5.41, 5.74) is 11.7. The lowest BCUT2D eigenvalue weighted by Gasteiger charge is -2.47. The van der Waals surface area contributed by atoms with Gasteiger partial charge in [0, 0.05) is 44.8 Å². The molecule has 1 atom stereocenters. The van der Waals surface area contributed by atoms with Gasteiger partial charge in [-0.1, -0.05) is 30.1 Å². The molecule has 2 aliphatic rings. The number of hydrogen-bond donors (Lipinski definition) is 3. The second-order valence-electron chi connectivity index (χ2n) is 8.71. The number of nitrogen functional groups attached to an aromatic ring is 2. The van der Waals surface area contributed by atoms with Crippen LogP contribution < -0.4 is 16.4 Å². The average Bonchev–Trinajstić information content (AvgIpc) is 2.84. The van der Waals surface area contributed by atoms with Crippen LogP contribution >= 0.6 is 23.2 Å². The first-order chi connectivity index (χ1) is 16.7. The van der Waals surface area contributed by atoms with E-state index in [0.29, 0.717) is 43.6 Å². The first-order valence-electron chi connectivity index (χ1n) is 11.5. The van der Waals surface area contributed by atoms with E-state index in [-0.39, 0.29) is 39.6 Å². The molecule has 2 aromatic heterocycles. The van der Waals surface area contributed by atoms with Crippen molar-refractivity contribution in [3.05, 3.63) is 33.7 Å². The third-order valence-corrected chi connectivity index (χ3v) is 7.17. The van der Waals surface area contributed by atoms with Gasteiger partial charge in [0.05, 0.1) is 5.56 Å². The van der Waals surface area contributed by atoms with Gasteiger partial charge in [0.15, 0.2) is 22.5 Å². The van der Waals surface area contributed by atoms with Gasteiger partial charge < -0.3 is 26.4 Å².